The third-order valence-corrected chi connectivity index (χ3v) is 5.05. The van der Waals surface area contributed by atoms with Gasteiger partial charge in [-0.05, 0) is 35.4 Å². The first-order chi connectivity index (χ1) is 12.6. The first-order valence-electron chi connectivity index (χ1n) is 7.98. The summed E-state index contributed by atoms with van der Waals surface area (Å²) in [4.78, 5) is 7.33. The minimum Gasteiger partial charge on any atom is -0.367 e. The zero-order valence-corrected chi connectivity index (χ0v) is 15.0. The summed E-state index contributed by atoms with van der Waals surface area (Å²) in [7, 11) is 0. The molecule has 0 unspecified atom stereocenters. The van der Waals surface area contributed by atoms with Crippen LogP contribution >= 0.6 is 23.2 Å². The number of hydrogen-bond acceptors (Lipinski definition) is 1. The van der Waals surface area contributed by atoms with Crippen LogP contribution in [0.2, 0.25) is 10.0 Å². The van der Waals surface area contributed by atoms with Crippen LogP contribution in [0.4, 0.5) is 4.39 Å². The van der Waals surface area contributed by atoms with E-state index in [9.17, 15) is 4.39 Å². The van der Waals surface area contributed by atoms with Crippen LogP contribution in [0.1, 0.15) is 17.2 Å². The molecule has 1 N–H and O–H groups in total. The largest absolute Gasteiger partial charge is 0.367 e. The molecule has 6 heteroatoms. The van der Waals surface area contributed by atoms with Crippen molar-refractivity contribution >= 4 is 23.2 Å². The number of halogens is 3. The van der Waals surface area contributed by atoms with Crippen molar-refractivity contribution in [3.8, 4) is 11.1 Å². The number of benzene rings is 2. The van der Waals surface area contributed by atoms with E-state index in [1.165, 1.54) is 12.1 Å². The Morgan fingerprint density at radius 3 is 2.50 bits per heavy atom. The quantitative estimate of drug-likeness (QED) is 0.461. The molecule has 26 heavy (non-hydrogen) atoms. The van der Waals surface area contributed by atoms with Gasteiger partial charge < -0.3 is 9.55 Å². The molecule has 0 saturated heterocycles. The van der Waals surface area contributed by atoms with E-state index in [1.54, 1.807) is 30.7 Å². The summed E-state index contributed by atoms with van der Waals surface area (Å²) in [6.07, 6.45) is 9.22. The van der Waals surface area contributed by atoms with E-state index in [4.69, 9.17) is 23.2 Å². The number of hydrogen-bond donors (Lipinski definition) is 1. The molecule has 0 aliphatic rings. The van der Waals surface area contributed by atoms with Gasteiger partial charge in [0.1, 0.15) is 5.82 Å². The van der Waals surface area contributed by atoms with E-state index in [0.29, 0.717) is 10.0 Å². The maximum absolute atomic E-state index is 13.4. The van der Waals surface area contributed by atoms with E-state index in [-0.39, 0.29) is 11.9 Å². The fraction of sp³-hybridized carbons (Fsp3) is 0.0500. The molecule has 2 aromatic carbocycles. The lowest BCUT2D eigenvalue weighted by molar-refractivity contribution is 0.622. The van der Waals surface area contributed by atoms with Gasteiger partial charge in [-0.15, -0.1) is 0 Å². The van der Waals surface area contributed by atoms with Crippen molar-refractivity contribution in [3.05, 3.63) is 101 Å². The van der Waals surface area contributed by atoms with Crippen molar-refractivity contribution in [1.29, 1.82) is 0 Å². The summed E-state index contributed by atoms with van der Waals surface area (Å²) in [6, 6.07) is 11.9. The molecule has 130 valence electrons. The van der Waals surface area contributed by atoms with Crippen LogP contribution in [-0.4, -0.2) is 14.5 Å². The standard InChI is InChI=1S/C20H14Cl2FN3/c21-18-6-3-14(9-19(18)22)16-10-25-11-17(16)20(26-8-7-24-12-26)13-1-4-15(23)5-2-13/h1-12,20,25H/t20-/m0/s1. The maximum atomic E-state index is 13.4. The number of aromatic nitrogens is 3. The zero-order valence-electron chi connectivity index (χ0n) is 13.5. The monoisotopic (exact) mass is 385 g/mol. The SMILES string of the molecule is Fc1ccc([C@@H](c2c[nH]cc2-c2ccc(Cl)c(Cl)c2)n2ccnc2)cc1. The van der Waals surface area contributed by atoms with Crippen LogP contribution < -0.4 is 0 Å². The molecule has 0 aliphatic heterocycles. The molecular weight excluding hydrogens is 372 g/mol. The van der Waals surface area contributed by atoms with Gasteiger partial charge in [0.05, 0.1) is 22.4 Å². The van der Waals surface area contributed by atoms with Crippen molar-refractivity contribution in [1.82, 2.24) is 14.5 Å². The highest BCUT2D eigenvalue weighted by atomic mass is 35.5. The fourth-order valence-corrected chi connectivity index (χ4v) is 3.39. The Hall–Kier alpha value is -2.56. The topological polar surface area (TPSA) is 33.6 Å². The van der Waals surface area contributed by atoms with E-state index in [2.05, 4.69) is 9.97 Å². The molecule has 0 bridgehead atoms. The van der Waals surface area contributed by atoms with E-state index < -0.39 is 0 Å². The average Bonchev–Trinajstić information content (AvgIpc) is 3.32. The van der Waals surface area contributed by atoms with Gasteiger partial charge in [-0.25, -0.2) is 9.37 Å². The molecule has 0 radical (unpaired) electrons. The summed E-state index contributed by atoms with van der Waals surface area (Å²) in [5.41, 5.74) is 3.91. The van der Waals surface area contributed by atoms with Crippen LogP contribution in [-0.2, 0) is 0 Å². The van der Waals surface area contributed by atoms with Gasteiger partial charge in [-0.2, -0.15) is 0 Å². The summed E-state index contributed by atoms with van der Waals surface area (Å²) in [6.45, 7) is 0. The fourth-order valence-electron chi connectivity index (χ4n) is 3.10. The van der Waals surface area contributed by atoms with E-state index in [0.717, 1.165) is 22.3 Å². The van der Waals surface area contributed by atoms with Gasteiger partial charge in [0.2, 0.25) is 0 Å². The third-order valence-electron chi connectivity index (χ3n) is 4.31. The summed E-state index contributed by atoms with van der Waals surface area (Å²) < 4.78 is 15.4. The van der Waals surface area contributed by atoms with Crippen LogP contribution in [0, 0.1) is 5.82 Å². The smallest absolute Gasteiger partial charge is 0.123 e. The van der Waals surface area contributed by atoms with Crippen molar-refractivity contribution < 1.29 is 4.39 Å². The molecule has 0 amide bonds. The Morgan fingerprint density at radius 2 is 1.81 bits per heavy atom. The molecule has 3 nitrogen and oxygen atoms in total. The Morgan fingerprint density at radius 1 is 1.00 bits per heavy atom. The second-order valence-electron chi connectivity index (χ2n) is 5.92. The summed E-state index contributed by atoms with van der Waals surface area (Å²) in [5.74, 6) is -0.267. The number of rotatable bonds is 4. The molecule has 2 aromatic heterocycles. The lowest BCUT2D eigenvalue weighted by Crippen LogP contribution is -2.11. The van der Waals surface area contributed by atoms with Crippen LogP contribution in [0.25, 0.3) is 11.1 Å². The van der Waals surface area contributed by atoms with Crippen molar-refractivity contribution in [3.63, 3.8) is 0 Å². The first-order valence-corrected chi connectivity index (χ1v) is 8.74. The van der Waals surface area contributed by atoms with Gasteiger partial charge in [-0.3, -0.25) is 0 Å². The molecule has 0 saturated carbocycles. The Balaban J connectivity index is 1.86. The predicted molar refractivity (Wildman–Crippen MR) is 102 cm³/mol. The molecule has 1 atom stereocenters. The molecule has 4 rings (SSSR count). The highest BCUT2D eigenvalue weighted by molar-refractivity contribution is 6.42. The van der Waals surface area contributed by atoms with E-state index >= 15 is 0 Å². The number of nitrogens with one attached hydrogen (secondary N) is 1. The van der Waals surface area contributed by atoms with E-state index in [1.807, 2.05) is 35.3 Å². The normalized spacial score (nSPS) is 12.3. The summed E-state index contributed by atoms with van der Waals surface area (Å²) >= 11 is 12.2. The number of H-pyrrole nitrogens is 1. The van der Waals surface area contributed by atoms with Gasteiger partial charge in [0.15, 0.2) is 0 Å². The second-order valence-corrected chi connectivity index (χ2v) is 6.73. The maximum Gasteiger partial charge on any atom is 0.123 e. The molecule has 0 spiro atoms. The van der Waals surface area contributed by atoms with Crippen molar-refractivity contribution in [2.75, 3.05) is 0 Å². The Labute approximate surface area is 160 Å². The average molecular weight is 386 g/mol. The number of aromatic amines is 1. The molecule has 2 heterocycles. The minimum atomic E-state index is -0.267. The predicted octanol–water partition coefficient (Wildman–Crippen LogP) is 5.96. The lowest BCUT2D eigenvalue weighted by Gasteiger charge is -2.20. The third kappa shape index (κ3) is 3.14. The highest BCUT2D eigenvalue weighted by Gasteiger charge is 2.21. The van der Waals surface area contributed by atoms with Crippen LogP contribution in [0.15, 0.2) is 73.6 Å². The van der Waals surface area contributed by atoms with Gasteiger partial charge in [0.25, 0.3) is 0 Å². The molecule has 4 aromatic rings. The molecule has 0 aliphatic carbocycles. The molecule has 0 fully saturated rings. The second kappa shape index (κ2) is 6.98. The van der Waals surface area contributed by atoms with Crippen LogP contribution in [0.3, 0.4) is 0 Å². The highest BCUT2D eigenvalue weighted by Crippen LogP contribution is 2.36. The van der Waals surface area contributed by atoms with Gasteiger partial charge in [-0.1, -0.05) is 41.4 Å². The zero-order chi connectivity index (χ0) is 18.1. The Kier molecular flexibility index (Phi) is 4.53. The Bertz CT molecular complexity index is 1020. The van der Waals surface area contributed by atoms with Crippen molar-refractivity contribution in [2.45, 2.75) is 6.04 Å². The molecular formula is C20H14Cl2FN3. The van der Waals surface area contributed by atoms with Gasteiger partial charge in [0, 0.05) is 35.9 Å². The van der Waals surface area contributed by atoms with Crippen molar-refractivity contribution in [2.24, 2.45) is 0 Å². The summed E-state index contributed by atoms with van der Waals surface area (Å²) in [5, 5.41) is 1.01. The number of imidazole rings is 1. The lowest BCUT2D eigenvalue weighted by atomic mass is 9.94. The van der Waals surface area contributed by atoms with Crippen LogP contribution in [0.5, 0.6) is 0 Å². The van der Waals surface area contributed by atoms with Gasteiger partial charge >= 0.3 is 0 Å². The first kappa shape index (κ1) is 16.9. The minimum absolute atomic E-state index is 0.159. The number of nitrogens with zero attached hydrogens (tertiary/aromatic N) is 2.